The molecule has 1 heterocycles. The normalized spacial score (nSPS) is 11.0. The molecule has 1 aromatic heterocycles. The van der Waals surface area contributed by atoms with Crippen LogP contribution in [0.3, 0.4) is 0 Å². The van der Waals surface area contributed by atoms with E-state index in [1.54, 1.807) is 0 Å². The summed E-state index contributed by atoms with van der Waals surface area (Å²) in [5.74, 6) is 0. The van der Waals surface area contributed by atoms with Crippen LogP contribution in [0.15, 0.2) is 170 Å². The SMILES string of the molecule is Nc1c(N)c(-c2ccc(N(c3ccccc3)c3ccccc3)cc2)c2snnc2c1-c1ccc(N(c2ccccc2)c2ccccc2)cc1. The van der Waals surface area contributed by atoms with Gasteiger partial charge < -0.3 is 21.3 Å². The molecule has 0 unspecified atom stereocenters. The van der Waals surface area contributed by atoms with Gasteiger partial charge in [-0.05, 0) is 95.5 Å². The van der Waals surface area contributed by atoms with Gasteiger partial charge in [0.05, 0.1) is 16.1 Å². The Hall–Kier alpha value is -6.44. The molecule has 0 spiro atoms. The molecule has 7 heteroatoms. The van der Waals surface area contributed by atoms with Gasteiger partial charge in [0.15, 0.2) is 0 Å². The van der Waals surface area contributed by atoms with Crippen LogP contribution in [-0.4, -0.2) is 9.59 Å². The van der Waals surface area contributed by atoms with E-state index < -0.39 is 0 Å². The van der Waals surface area contributed by atoms with Crippen molar-refractivity contribution in [2.24, 2.45) is 0 Å². The van der Waals surface area contributed by atoms with Crippen LogP contribution in [0, 0.1) is 0 Å². The molecule has 49 heavy (non-hydrogen) atoms. The van der Waals surface area contributed by atoms with Gasteiger partial charge >= 0.3 is 0 Å². The molecular weight excluding hydrogens is 621 g/mol. The minimum absolute atomic E-state index is 0.491. The van der Waals surface area contributed by atoms with E-state index in [2.05, 4.69) is 116 Å². The van der Waals surface area contributed by atoms with Gasteiger partial charge in [0, 0.05) is 45.3 Å². The summed E-state index contributed by atoms with van der Waals surface area (Å²) in [6, 6.07) is 58.1. The van der Waals surface area contributed by atoms with Crippen molar-refractivity contribution in [1.82, 2.24) is 9.59 Å². The number of nitrogens with zero attached hydrogens (tertiary/aromatic N) is 4. The Kier molecular flexibility index (Phi) is 7.93. The van der Waals surface area contributed by atoms with Crippen molar-refractivity contribution in [3.05, 3.63) is 170 Å². The number of aromatic nitrogens is 2. The maximum absolute atomic E-state index is 6.90. The largest absolute Gasteiger partial charge is 0.396 e. The molecule has 0 atom stereocenters. The van der Waals surface area contributed by atoms with Gasteiger partial charge in [-0.2, -0.15) is 0 Å². The number of nitrogen functional groups attached to an aromatic ring is 2. The fraction of sp³-hybridized carbons (Fsp3) is 0. The summed E-state index contributed by atoms with van der Waals surface area (Å²) in [5, 5.41) is 4.58. The second-order valence-electron chi connectivity index (χ2n) is 11.6. The Morgan fingerprint density at radius 2 is 0.714 bits per heavy atom. The Bertz CT molecular complexity index is 2080. The van der Waals surface area contributed by atoms with Gasteiger partial charge in [-0.1, -0.05) is 102 Å². The molecule has 0 aliphatic carbocycles. The average molecular weight is 653 g/mol. The van der Waals surface area contributed by atoms with E-state index in [0.29, 0.717) is 11.4 Å². The standard InChI is InChI=1S/C42H32N6S/c43-39-37(29-21-25-35(26-22-29)47(31-13-5-1-6-14-31)32-15-7-2-8-16-32)41-42(49-46-45-41)38(40(39)44)30-23-27-36(28-24-30)48(33-17-9-3-10-18-33)34-19-11-4-12-20-34/h1-28H,43-44H2. The smallest absolute Gasteiger partial charge is 0.116 e. The highest BCUT2D eigenvalue weighted by Crippen LogP contribution is 2.47. The first-order chi connectivity index (χ1) is 24.2. The lowest BCUT2D eigenvalue weighted by Gasteiger charge is -2.26. The molecule has 0 fully saturated rings. The lowest BCUT2D eigenvalue weighted by molar-refractivity contribution is 1.20. The van der Waals surface area contributed by atoms with E-state index in [0.717, 1.165) is 66.6 Å². The monoisotopic (exact) mass is 652 g/mol. The van der Waals surface area contributed by atoms with Crippen LogP contribution in [0.5, 0.6) is 0 Å². The third-order valence-corrected chi connectivity index (χ3v) is 9.41. The summed E-state index contributed by atoms with van der Waals surface area (Å²) in [5.41, 5.74) is 25.4. The number of anilines is 8. The number of nitrogens with two attached hydrogens (primary N) is 2. The zero-order valence-corrected chi connectivity index (χ0v) is 27.3. The van der Waals surface area contributed by atoms with Crippen LogP contribution < -0.4 is 21.3 Å². The third-order valence-electron chi connectivity index (χ3n) is 8.67. The molecule has 8 aromatic rings. The molecule has 8 rings (SSSR count). The van der Waals surface area contributed by atoms with Gasteiger partial charge in [-0.25, -0.2) is 0 Å². The minimum atomic E-state index is 0.491. The van der Waals surface area contributed by atoms with Crippen LogP contribution in [0.25, 0.3) is 32.5 Å². The minimum Gasteiger partial charge on any atom is -0.396 e. The van der Waals surface area contributed by atoms with Gasteiger partial charge in [0.2, 0.25) is 0 Å². The first-order valence-corrected chi connectivity index (χ1v) is 16.8. The van der Waals surface area contributed by atoms with E-state index in [-0.39, 0.29) is 0 Å². The predicted molar refractivity (Wildman–Crippen MR) is 206 cm³/mol. The maximum Gasteiger partial charge on any atom is 0.116 e. The number of hydrogen-bond acceptors (Lipinski definition) is 7. The Morgan fingerprint density at radius 3 is 1.10 bits per heavy atom. The van der Waals surface area contributed by atoms with Gasteiger partial charge in [-0.15, -0.1) is 5.10 Å². The average Bonchev–Trinajstić information content (AvgIpc) is 3.64. The summed E-state index contributed by atoms with van der Waals surface area (Å²) in [7, 11) is 0. The summed E-state index contributed by atoms with van der Waals surface area (Å²) in [4.78, 5) is 4.46. The number of hydrogen-bond donors (Lipinski definition) is 2. The van der Waals surface area contributed by atoms with Crippen molar-refractivity contribution in [2.75, 3.05) is 21.3 Å². The Labute approximate surface area is 289 Å². The van der Waals surface area contributed by atoms with E-state index in [1.165, 1.54) is 11.5 Å². The zero-order chi connectivity index (χ0) is 33.2. The summed E-state index contributed by atoms with van der Waals surface area (Å²) >= 11 is 1.33. The van der Waals surface area contributed by atoms with Gasteiger partial charge in [0.1, 0.15) is 5.52 Å². The molecule has 0 bridgehead atoms. The van der Waals surface area contributed by atoms with E-state index in [4.69, 9.17) is 11.5 Å². The molecule has 6 nitrogen and oxygen atoms in total. The van der Waals surface area contributed by atoms with Crippen molar-refractivity contribution < 1.29 is 0 Å². The number of rotatable bonds is 8. The molecule has 0 radical (unpaired) electrons. The molecule has 0 saturated heterocycles. The predicted octanol–water partition coefficient (Wildman–Crippen LogP) is 11.1. The lowest BCUT2D eigenvalue weighted by atomic mass is 9.94. The highest BCUT2D eigenvalue weighted by atomic mass is 32.1. The first kappa shape index (κ1) is 29.9. The second-order valence-corrected chi connectivity index (χ2v) is 12.4. The molecule has 4 N–H and O–H groups in total. The molecule has 0 aliphatic rings. The molecule has 7 aromatic carbocycles. The van der Waals surface area contributed by atoms with Crippen molar-refractivity contribution in [1.29, 1.82) is 0 Å². The van der Waals surface area contributed by atoms with Crippen LogP contribution in [0.4, 0.5) is 45.5 Å². The van der Waals surface area contributed by atoms with Crippen molar-refractivity contribution in [3.63, 3.8) is 0 Å². The van der Waals surface area contributed by atoms with Crippen LogP contribution in [0.2, 0.25) is 0 Å². The fourth-order valence-corrected chi connectivity index (χ4v) is 7.13. The van der Waals surface area contributed by atoms with E-state index >= 15 is 0 Å². The Morgan fingerprint density at radius 1 is 0.388 bits per heavy atom. The molecule has 0 amide bonds. The second kappa shape index (κ2) is 13.0. The number of benzene rings is 7. The number of para-hydroxylation sites is 4. The summed E-state index contributed by atoms with van der Waals surface area (Å²) in [6.07, 6.45) is 0. The Balaban J connectivity index is 1.17. The third kappa shape index (κ3) is 5.62. The quantitative estimate of drug-likeness (QED) is 0.159. The van der Waals surface area contributed by atoms with Crippen LogP contribution >= 0.6 is 11.5 Å². The van der Waals surface area contributed by atoms with Crippen molar-refractivity contribution >= 4 is 67.2 Å². The molecule has 0 aliphatic heterocycles. The number of fused-ring (bicyclic) bond motifs is 1. The molecule has 236 valence electrons. The zero-order valence-electron chi connectivity index (χ0n) is 26.5. The fourth-order valence-electron chi connectivity index (χ4n) is 6.37. The van der Waals surface area contributed by atoms with E-state index in [9.17, 15) is 0 Å². The van der Waals surface area contributed by atoms with Crippen LogP contribution in [0.1, 0.15) is 0 Å². The van der Waals surface area contributed by atoms with E-state index in [1.807, 2.05) is 72.8 Å². The summed E-state index contributed by atoms with van der Waals surface area (Å²) in [6.45, 7) is 0. The van der Waals surface area contributed by atoms with Gasteiger partial charge in [0.25, 0.3) is 0 Å². The maximum atomic E-state index is 6.90. The molecule has 0 saturated carbocycles. The first-order valence-electron chi connectivity index (χ1n) is 16.0. The summed E-state index contributed by atoms with van der Waals surface area (Å²) < 4.78 is 5.27. The lowest BCUT2D eigenvalue weighted by Crippen LogP contribution is -2.09. The topological polar surface area (TPSA) is 84.3 Å². The van der Waals surface area contributed by atoms with Crippen molar-refractivity contribution in [2.45, 2.75) is 0 Å². The van der Waals surface area contributed by atoms with Crippen LogP contribution in [-0.2, 0) is 0 Å². The highest BCUT2D eigenvalue weighted by Gasteiger charge is 2.22. The highest BCUT2D eigenvalue weighted by molar-refractivity contribution is 7.13. The van der Waals surface area contributed by atoms with Crippen molar-refractivity contribution in [3.8, 4) is 22.3 Å². The molecular formula is C42H32N6S. The van der Waals surface area contributed by atoms with Gasteiger partial charge in [-0.3, -0.25) is 0 Å².